The number of para-hydroxylation sites is 1. The molecule has 0 spiro atoms. The Kier molecular flexibility index (Phi) is 3.34. The summed E-state index contributed by atoms with van der Waals surface area (Å²) in [7, 11) is 0. The molecule has 0 saturated carbocycles. The van der Waals surface area contributed by atoms with Gasteiger partial charge in [0.1, 0.15) is 0 Å². The number of hydrogen-bond acceptors (Lipinski definition) is 2. The summed E-state index contributed by atoms with van der Waals surface area (Å²) >= 11 is 0. The maximum Gasteiger partial charge on any atom is 0.0561 e. The second-order valence-electron chi connectivity index (χ2n) is 3.59. The van der Waals surface area contributed by atoms with E-state index in [-0.39, 0.29) is 0 Å². The van der Waals surface area contributed by atoms with Crippen molar-refractivity contribution in [3.63, 3.8) is 0 Å². The number of aryl methyl sites for hydroxylation is 1. The van der Waals surface area contributed by atoms with Crippen molar-refractivity contribution in [1.82, 2.24) is 0 Å². The van der Waals surface area contributed by atoms with Crippen LogP contribution in [0.1, 0.15) is 11.1 Å². The first-order valence-corrected chi connectivity index (χ1v) is 5.26. The number of benzene rings is 2. The molecule has 0 aromatic heterocycles. The summed E-state index contributed by atoms with van der Waals surface area (Å²) < 4.78 is 0. The first-order chi connectivity index (χ1) is 7.86. The van der Waals surface area contributed by atoms with Crippen molar-refractivity contribution in [1.29, 1.82) is 0 Å². The molecule has 0 aliphatic rings. The van der Waals surface area contributed by atoms with Crippen molar-refractivity contribution < 1.29 is 0 Å². The van der Waals surface area contributed by atoms with E-state index in [1.807, 2.05) is 54.7 Å². The molecule has 0 saturated heterocycles. The average molecular weight is 210 g/mol. The SMILES string of the molecule is Cc1ccccc1/C=N/Nc1ccccc1. The normalized spacial score (nSPS) is 10.6. The molecule has 2 rings (SSSR count). The number of anilines is 1. The van der Waals surface area contributed by atoms with Gasteiger partial charge in [0.25, 0.3) is 0 Å². The second kappa shape index (κ2) is 5.12. The van der Waals surface area contributed by atoms with E-state index >= 15 is 0 Å². The fraction of sp³-hybridized carbons (Fsp3) is 0.0714. The molecule has 1 N–H and O–H groups in total. The van der Waals surface area contributed by atoms with Gasteiger partial charge >= 0.3 is 0 Å². The summed E-state index contributed by atoms with van der Waals surface area (Å²) in [5.41, 5.74) is 6.34. The van der Waals surface area contributed by atoms with E-state index in [1.165, 1.54) is 5.56 Å². The molecular formula is C14H14N2. The maximum absolute atomic E-state index is 4.20. The first-order valence-electron chi connectivity index (χ1n) is 5.26. The van der Waals surface area contributed by atoms with Crippen molar-refractivity contribution in [2.75, 3.05) is 5.43 Å². The van der Waals surface area contributed by atoms with Crippen LogP contribution in [0.15, 0.2) is 59.7 Å². The van der Waals surface area contributed by atoms with Crippen LogP contribution in [0.5, 0.6) is 0 Å². The third kappa shape index (κ3) is 2.70. The number of rotatable bonds is 3. The zero-order valence-electron chi connectivity index (χ0n) is 9.22. The summed E-state index contributed by atoms with van der Waals surface area (Å²) in [5.74, 6) is 0. The highest BCUT2D eigenvalue weighted by Gasteiger charge is 1.91. The number of nitrogens with zero attached hydrogens (tertiary/aromatic N) is 1. The minimum absolute atomic E-state index is 0.993. The lowest BCUT2D eigenvalue weighted by Gasteiger charge is -2.00. The van der Waals surface area contributed by atoms with Crippen molar-refractivity contribution >= 4 is 11.9 Å². The Balaban J connectivity index is 2.03. The fourth-order valence-electron chi connectivity index (χ4n) is 1.42. The van der Waals surface area contributed by atoms with Crippen LogP contribution in [0.2, 0.25) is 0 Å². The van der Waals surface area contributed by atoms with E-state index in [9.17, 15) is 0 Å². The van der Waals surface area contributed by atoms with E-state index in [0.29, 0.717) is 0 Å². The second-order valence-corrected chi connectivity index (χ2v) is 3.59. The molecule has 0 unspecified atom stereocenters. The molecule has 0 aliphatic heterocycles. The summed E-state index contributed by atoms with van der Waals surface area (Å²) in [5, 5.41) is 4.20. The molecule has 0 aliphatic carbocycles. The van der Waals surface area contributed by atoms with Crippen LogP contribution in [0.25, 0.3) is 0 Å². The number of nitrogens with one attached hydrogen (secondary N) is 1. The molecule has 0 bridgehead atoms. The van der Waals surface area contributed by atoms with E-state index < -0.39 is 0 Å². The third-order valence-corrected chi connectivity index (χ3v) is 2.36. The molecule has 16 heavy (non-hydrogen) atoms. The minimum atomic E-state index is 0.993. The van der Waals surface area contributed by atoms with Crippen molar-refractivity contribution in [3.05, 3.63) is 65.7 Å². The quantitative estimate of drug-likeness (QED) is 0.609. The van der Waals surface area contributed by atoms with Crippen LogP contribution in [0, 0.1) is 6.92 Å². The molecule has 2 nitrogen and oxygen atoms in total. The van der Waals surface area contributed by atoms with Gasteiger partial charge in [0, 0.05) is 0 Å². The molecule has 0 atom stereocenters. The molecule has 0 heterocycles. The van der Waals surface area contributed by atoms with Gasteiger partial charge in [0.05, 0.1) is 11.9 Å². The van der Waals surface area contributed by atoms with Gasteiger partial charge in [-0.2, -0.15) is 5.10 Å². The predicted molar refractivity (Wildman–Crippen MR) is 68.8 cm³/mol. The number of hydrazone groups is 1. The monoisotopic (exact) mass is 210 g/mol. The van der Waals surface area contributed by atoms with E-state index in [0.717, 1.165) is 11.3 Å². The van der Waals surface area contributed by atoms with Gasteiger partial charge < -0.3 is 0 Å². The van der Waals surface area contributed by atoms with Crippen LogP contribution in [0.4, 0.5) is 5.69 Å². The Labute approximate surface area is 95.6 Å². The Morgan fingerprint density at radius 3 is 2.38 bits per heavy atom. The lowest BCUT2D eigenvalue weighted by molar-refractivity contribution is 1.34. The van der Waals surface area contributed by atoms with E-state index in [2.05, 4.69) is 23.5 Å². The standard InChI is InChI=1S/C14H14N2/c1-12-7-5-6-8-13(12)11-15-16-14-9-3-2-4-10-14/h2-11,16H,1H3/b15-11+. The molecule has 0 radical (unpaired) electrons. The first kappa shape index (κ1) is 10.4. The maximum atomic E-state index is 4.20. The molecule has 0 fully saturated rings. The van der Waals surface area contributed by atoms with Crippen molar-refractivity contribution in [2.24, 2.45) is 5.10 Å². The van der Waals surface area contributed by atoms with Gasteiger partial charge in [-0.25, -0.2) is 0 Å². The molecule has 80 valence electrons. The molecule has 2 aromatic carbocycles. The molecule has 2 aromatic rings. The Bertz CT molecular complexity index is 475. The summed E-state index contributed by atoms with van der Waals surface area (Å²) in [4.78, 5) is 0. The topological polar surface area (TPSA) is 24.4 Å². The largest absolute Gasteiger partial charge is 0.279 e. The van der Waals surface area contributed by atoms with E-state index in [4.69, 9.17) is 0 Å². The van der Waals surface area contributed by atoms with Gasteiger partial charge in [-0.05, 0) is 30.2 Å². The van der Waals surface area contributed by atoms with Gasteiger partial charge in [0.15, 0.2) is 0 Å². The summed E-state index contributed by atoms with van der Waals surface area (Å²) in [6.07, 6.45) is 1.84. The lowest BCUT2D eigenvalue weighted by Crippen LogP contribution is -1.91. The van der Waals surface area contributed by atoms with Crippen molar-refractivity contribution in [3.8, 4) is 0 Å². The van der Waals surface area contributed by atoms with Crippen LogP contribution in [0.3, 0.4) is 0 Å². The Morgan fingerprint density at radius 2 is 1.62 bits per heavy atom. The fourth-order valence-corrected chi connectivity index (χ4v) is 1.42. The van der Waals surface area contributed by atoms with Gasteiger partial charge in [0.2, 0.25) is 0 Å². The van der Waals surface area contributed by atoms with Crippen LogP contribution in [-0.2, 0) is 0 Å². The zero-order valence-corrected chi connectivity index (χ0v) is 9.22. The highest BCUT2D eigenvalue weighted by Crippen LogP contribution is 2.06. The molecule has 2 heteroatoms. The Hall–Kier alpha value is -2.09. The minimum Gasteiger partial charge on any atom is -0.279 e. The molecular weight excluding hydrogens is 196 g/mol. The lowest BCUT2D eigenvalue weighted by atomic mass is 10.1. The van der Waals surface area contributed by atoms with E-state index in [1.54, 1.807) is 0 Å². The summed E-state index contributed by atoms with van der Waals surface area (Å²) in [6, 6.07) is 18.1. The summed E-state index contributed by atoms with van der Waals surface area (Å²) in [6.45, 7) is 2.07. The van der Waals surface area contributed by atoms with Gasteiger partial charge in [-0.1, -0.05) is 42.5 Å². The van der Waals surface area contributed by atoms with Gasteiger partial charge in [-0.15, -0.1) is 0 Å². The molecule has 0 amide bonds. The smallest absolute Gasteiger partial charge is 0.0561 e. The third-order valence-electron chi connectivity index (χ3n) is 2.36. The Morgan fingerprint density at radius 1 is 0.938 bits per heavy atom. The highest BCUT2D eigenvalue weighted by molar-refractivity contribution is 5.82. The van der Waals surface area contributed by atoms with Crippen LogP contribution >= 0.6 is 0 Å². The van der Waals surface area contributed by atoms with Gasteiger partial charge in [-0.3, -0.25) is 5.43 Å². The van der Waals surface area contributed by atoms with Crippen LogP contribution in [-0.4, -0.2) is 6.21 Å². The van der Waals surface area contributed by atoms with Crippen molar-refractivity contribution in [2.45, 2.75) is 6.92 Å². The zero-order chi connectivity index (χ0) is 11.2. The number of hydrogen-bond donors (Lipinski definition) is 1. The average Bonchev–Trinajstić information content (AvgIpc) is 2.33. The highest BCUT2D eigenvalue weighted by atomic mass is 15.3. The van der Waals surface area contributed by atoms with Crippen LogP contribution < -0.4 is 5.43 Å². The predicted octanol–water partition coefficient (Wildman–Crippen LogP) is 3.44.